The van der Waals surface area contributed by atoms with Gasteiger partial charge in [0.1, 0.15) is 0 Å². The number of nitrogens with zero attached hydrogens (tertiary/aromatic N) is 1. The molecule has 2 fully saturated rings. The molecule has 1 heterocycles. The number of carbonyl (C=O) groups is 2. The zero-order chi connectivity index (χ0) is 18.0. The maximum Gasteiger partial charge on any atom is 0.336 e. The lowest BCUT2D eigenvalue weighted by molar-refractivity contribution is -0.156. The van der Waals surface area contributed by atoms with Crippen molar-refractivity contribution in [2.75, 3.05) is 0 Å². The quantitative estimate of drug-likeness (QED) is 0.858. The van der Waals surface area contributed by atoms with Crippen LogP contribution in [0.15, 0.2) is 24.3 Å². The molecule has 132 valence electrons. The van der Waals surface area contributed by atoms with Crippen molar-refractivity contribution in [3.8, 4) is 6.07 Å². The SMILES string of the molecule is N#Cc1ccc([C@H]2CC[C@H](C3O[C@H](C(=O)O)[C@@H](C(=O)O)O3)CC2)cc1. The molecule has 0 bridgehead atoms. The molecule has 0 amide bonds. The average molecular weight is 345 g/mol. The molecule has 0 radical (unpaired) electrons. The van der Waals surface area contributed by atoms with Crippen LogP contribution in [0.25, 0.3) is 0 Å². The van der Waals surface area contributed by atoms with Crippen molar-refractivity contribution in [3.63, 3.8) is 0 Å². The Morgan fingerprint density at radius 1 is 0.960 bits per heavy atom. The minimum absolute atomic E-state index is 0.0131. The van der Waals surface area contributed by atoms with Gasteiger partial charge in [-0.25, -0.2) is 9.59 Å². The van der Waals surface area contributed by atoms with Gasteiger partial charge in [0.2, 0.25) is 0 Å². The maximum atomic E-state index is 11.1. The molecule has 2 atom stereocenters. The van der Waals surface area contributed by atoms with Crippen molar-refractivity contribution in [1.29, 1.82) is 5.26 Å². The van der Waals surface area contributed by atoms with Crippen LogP contribution < -0.4 is 0 Å². The summed E-state index contributed by atoms with van der Waals surface area (Å²) in [5, 5.41) is 27.0. The Kier molecular flexibility index (Phi) is 5.02. The van der Waals surface area contributed by atoms with Crippen LogP contribution in [-0.4, -0.2) is 40.6 Å². The van der Waals surface area contributed by atoms with E-state index in [9.17, 15) is 9.59 Å². The molecular formula is C18H19NO6. The Morgan fingerprint density at radius 2 is 1.48 bits per heavy atom. The summed E-state index contributed by atoms with van der Waals surface area (Å²) in [4.78, 5) is 22.3. The van der Waals surface area contributed by atoms with Crippen LogP contribution in [0.5, 0.6) is 0 Å². The predicted octanol–water partition coefficient (Wildman–Crippen LogP) is 2.11. The summed E-state index contributed by atoms with van der Waals surface area (Å²) < 4.78 is 10.7. The molecule has 1 aliphatic heterocycles. The van der Waals surface area contributed by atoms with Crippen LogP contribution in [-0.2, 0) is 19.1 Å². The van der Waals surface area contributed by atoms with Crippen LogP contribution in [0.3, 0.4) is 0 Å². The second kappa shape index (κ2) is 7.21. The van der Waals surface area contributed by atoms with Crippen LogP contribution in [0.4, 0.5) is 0 Å². The highest BCUT2D eigenvalue weighted by molar-refractivity contribution is 5.84. The highest BCUT2D eigenvalue weighted by atomic mass is 16.7. The fourth-order valence-corrected chi connectivity index (χ4v) is 3.62. The van der Waals surface area contributed by atoms with E-state index in [1.807, 2.05) is 12.1 Å². The molecule has 7 heteroatoms. The molecule has 1 aliphatic carbocycles. The Balaban J connectivity index is 1.59. The van der Waals surface area contributed by atoms with Crippen LogP contribution >= 0.6 is 0 Å². The summed E-state index contributed by atoms with van der Waals surface area (Å²) in [6.45, 7) is 0. The largest absolute Gasteiger partial charge is 0.479 e. The second-order valence-corrected chi connectivity index (χ2v) is 6.50. The second-order valence-electron chi connectivity index (χ2n) is 6.50. The van der Waals surface area contributed by atoms with Gasteiger partial charge in [-0.2, -0.15) is 5.26 Å². The number of ether oxygens (including phenoxy) is 2. The molecule has 2 N–H and O–H groups in total. The first-order valence-corrected chi connectivity index (χ1v) is 8.26. The fourth-order valence-electron chi connectivity index (χ4n) is 3.62. The van der Waals surface area contributed by atoms with E-state index in [4.69, 9.17) is 24.9 Å². The normalized spacial score (nSPS) is 29.9. The van der Waals surface area contributed by atoms with Crippen LogP contribution in [0.1, 0.15) is 42.7 Å². The Hall–Kier alpha value is -2.43. The minimum Gasteiger partial charge on any atom is -0.479 e. The van der Waals surface area contributed by atoms with E-state index in [1.54, 1.807) is 12.1 Å². The molecule has 1 aromatic carbocycles. The summed E-state index contributed by atoms with van der Waals surface area (Å²) in [7, 11) is 0. The standard InChI is InChI=1S/C18H19NO6/c19-9-10-1-3-11(4-2-10)12-5-7-13(8-6-12)18-24-14(16(20)21)15(25-18)17(22)23/h1-4,12-15,18H,5-8H2,(H,20,21)(H,22,23)/t12-,13-,14-,15-/m0/s1. The minimum atomic E-state index is -1.46. The van der Waals surface area contributed by atoms with E-state index in [0.717, 1.165) is 25.7 Å². The van der Waals surface area contributed by atoms with Gasteiger partial charge >= 0.3 is 11.9 Å². The van der Waals surface area contributed by atoms with Gasteiger partial charge in [-0.05, 0) is 49.3 Å². The third kappa shape index (κ3) is 3.65. The van der Waals surface area contributed by atoms with E-state index >= 15 is 0 Å². The van der Waals surface area contributed by atoms with Gasteiger partial charge in [-0.15, -0.1) is 0 Å². The van der Waals surface area contributed by atoms with E-state index in [1.165, 1.54) is 5.56 Å². The van der Waals surface area contributed by atoms with Crippen molar-refractivity contribution in [1.82, 2.24) is 0 Å². The molecule has 25 heavy (non-hydrogen) atoms. The van der Waals surface area contributed by atoms with Gasteiger partial charge in [0, 0.05) is 5.92 Å². The van der Waals surface area contributed by atoms with Gasteiger partial charge in [-0.1, -0.05) is 12.1 Å². The van der Waals surface area contributed by atoms with Gasteiger partial charge in [0.15, 0.2) is 18.5 Å². The molecule has 1 saturated carbocycles. The predicted molar refractivity (Wildman–Crippen MR) is 84.7 cm³/mol. The average Bonchev–Trinajstić information content (AvgIpc) is 3.08. The van der Waals surface area contributed by atoms with Crippen molar-refractivity contribution < 1.29 is 29.3 Å². The topological polar surface area (TPSA) is 117 Å². The Labute approximate surface area is 144 Å². The van der Waals surface area contributed by atoms with Gasteiger partial charge in [-0.3, -0.25) is 0 Å². The summed E-state index contributed by atoms with van der Waals surface area (Å²) in [6.07, 6.45) is -0.395. The van der Waals surface area contributed by atoms with Crippen molar-refractivity contribution >= 4 is 11.9 Å². The van der Waals surface area contributed by atoms with E-state index in [2.05, 4.69) is 6.07 Å². The maximum absolute atomic E-state index is 11.1. The molecule has 1 aromatic rings. The lowest BCUT2D eigenvalue weighted by Crippen LogP contribution is -2.36. The molecule has 0 spiro atoms. The lowest BCUT2D eigenvalue weighted by Gasteiger charge is -2.31. The fraction of sp³-hybridized carbons (Fsp3) is 0.500. The highest BCUT2D eigenvalue weighted by Gasteiger charge is 2.48. The number of hydrogen-bond donors (Lipinski definition) is 2. The number of aliphatic carboxylic acids is 2. The van der Waals surface area contributed by atoms with E-state index < -0.39 is 30.4 Å². The highest BCUT2D eigenvalue weighted by Crippen LogP contribution is 2.40. The van der Waals surface area contributed by atoms with Crippen LogP contribution in [0.2, 0.25) is 0 Å². The first-order valence-electron chi connectivity index (χ1n) is 8.26. The van der Waals surface area contributed by atoms with Crippen molar-refractivity contribution in [2.24, 2.45) is 5.92 Å². The Bertz CT molecular complexity index is 665. The van der Waals surface area contributed by atoms with Crippen LogP contribution in [0, 0.1) is 17.2 Å². The summed E-state index contributed by atoms with van der Waals surface area (Å²) >= 11 is 0. The molecule has 1 saturated heterocycles. The summed E-state index contributed by atoms with van der Waals surface area (Å²) in [5.74, 6) is -2.28. The number of benzene rings is 1. The summed E-state index contributed by atoms with van der Waals surface area (Å²) in [6, 6.07) is 9.64. The lowest BCUT2D eigenvalue weighted by atomic mass is 9.78. The van der Waals surface area contributed by atoms with E-state index in [-0.39, 0.29) is 5.92 Å². The van der Waals surface area contributed by atoms with Crippen molar-refractivity contribution in [3.05, 3.63) is 35.4 Å². The van der Waals surface area contributed by atoms with Crippen molar-refractivity contribution in [2.45, 2.75) is 50.1 Å². The number of carboxylic acid groups (broad SMARTS) is 2. The zero-order valence-corrected chi connectivity index (χ0v) is 13.5. The number of nitriles is 1. The first-order chi connectivity index (χ1) is 12.0. The Morgan fingerprint density at radius 3 is 1.92 bits per heavy atom. The molecular weight excluding hydrogens is 326 g/mol. The third-order valence-electron chi connectivity index (χ3n) is 4.99. The molecule has 2 aliphatic rings. The van der Waals surface area contributed by atoms with Gasteiger partial charge in [0.05, 0.1) is 11.6 Å². The first kappa shape index (κ1) is 17.4. The molecule has 0 unspecified atom stereocenters. The van der Waals surface area contributed by atoms with E-state index in [0.29, 0.717) is 11.5 Å². The molecule has 3 rings (SSSR count). The number of carboxylic acids is 2. The number of hydrogen-bond acceptors (Lipinski definition) is 5. The smallest absolute Gasteiger partial charge is 0.336 e. The molecule has 7 nitrogen and oxygen atoms in total. The summed E-state index contributed by atoms with van der Waals surface area (Å²) in [5.41, 5.74) is 1.81. The van der Waals surface area contributed by atoms with Gasteiger partial charge < -0.3 is 19.7 Å². The van der Waals surface area contributed by atoms with Gasteiger partial charge in [0.25, 0.3) is 0 Å². The number of rotatable bonds is 4. The molecule has 0 aromatic heterocycles. The third-order valence-corrected chi connectivity index (χ3v) is 4.99. The monoisotopic (exact) mass is 345 g/mol. The zero-order valence-electron chi connectivity index (χ0n) is 13.5.